The number of carboxylic acids is 1. The zero-order valence-electron chi connectivity index (χ0n) is 12.0. The fraction of sp³-hybridized carbons (Fsp3) is 0. The van der Waals surface area contributed by atoms with E-state index in [2.05, 4.69) is 22.6 Å². The van der Waals surface area contributed by atoms with Gasteiger partial charge in [0.05, 0.1) is 5.56 Å². The molecule has 0 amide bonds. The smallest absolute Gasteiger partial charge is 0.351 e. The van der Waals surface area contributed by atoms with Crippen LogP contribution in [0.5, 0.6) is 5.75 Å². The molecule has 1 heterocycles. The van der Waals surface area contributed by atoms with Gasteiger partial charge in [-0.3, -0.25) is 0 Å². The number of aromatic carboxylic acids is 1. The molecule has 120 valence electrons. The Morgan fingerprint density at radius 3 is 2.42 bits per heavy atom. The third kappa shape index (κ3) is 3.30. The van der Waals surface area contributed by atoms with Gasteiger partial charge < -0.3 is 14.3 Å². The van der Waals surface area contributed by atoms with Crippen LogP contribution in [0.4, 0.5) is 0 Å². The van der Waals surface area contributed by atoms with Crippen LogP contribution in [0.25, 0.3) is 11.0 Å². The van der Waals surface area contributed by atoms with Gasteiger partial charge in [-0.15, -0.1) is 0 Å². The first-order valence-electron chi connectivity index (χ1n) is 6.73. The van der Waals surface area contributed by atoms with Gasteiger partial charge in [-0.2, -0.15) is 0 Å². The van der Waals surface area contributed by atoms with E-state index in [0.717, 1.165) is 3.57 Å². The second kappa shape index (κ2) is 6.44. The van der Waals surface area contributed by atoms with Crippen molar-refractivity contribution in [1.82, 2.24) is 0 Å². The molecule has 3 aromatic rings. The molecule has 1 aromatic heterocycles. The van der Waals surface area contributed by atoms with Gasteiger partial charge in [0.1, 0.15) is 16.9 Å². The summed E-state index contributed by atoms with van der Waals surface area (Å²) in [5.74, 6) is -1.72. The van der Waals surface area contributed by atoms with Crippen LogP contribution >= 0.6 is 22.6 Å². The Labute approximate surface area is 148 Å². The highest BCUT2D eigenvalue weighted by atomic mass is 127. The molecule has 3 rings (SSSR count). The highest BCUT2D eigenvalue weighted by Gasteiger charge is 2.14. The van der Waals surface area contributed by atoms with Crippen molar-refractivity contribution >= 4 is 45.5 Å². The van der Waals surface area contributed by atoms with Crippen molar-refractivity contribution in [1.29, 1.82) is 0 Å². The van der Waals surface area contributed by atoms with E-state index in [0.29, 0.717) is 10.9 Å². The second-order valence-electron chi connectivity index (χ2n) is 4.85. The monoisotopic (exact) mass is 436 g/mol. The molecule has 0 aliphatic heterocycles. The molecule has 1 N–H and O–H groups in total. The molecule has 0 fully saturated rings. The summed E-state index contributed by atoms with van der Waals surface area (Å²) in [4.78, 5) is 34.6. The summed E-state index contributed by atoms with van der Waals surface area (Å²) in [5.41, 5.74) is -0.890. The molecular weight excluding hydrogens is 427 g/mol. The Balaban J connectivity index is 1.92. The fourth-order valence-corrected chi connectivity index (χ4v) is 2.42. The minimum Gasteiger partial charge on any atom is -0.477 e. The summed E-state index contributed by atoms with van der Waals surface area (Å²) in [6.45, 7) is 0. The van der Waals surface area contributed by atoms with Crippen LogP contribution in [0.15, 0.2) is 57.7 Å². The number of esters is 1. The van der Waals surface area contributed by atoms with Crippen LogP contribution in [-0.4, -0.2) is 17.0 Å². The molecule has 0 aliphatic rings. The average Bonchev–Trinajstić information content (AvgIpc) is 2.54. The average molecular weight is 436 g/mol. The van der Waals surface area contributed by atoms with Gasteiger partial charge >= 0.3 is 17.6 Å². The summed E-state index contributed by atoms with van der Waals surface area (Å²) < 4.78 is 11.2. The first kappa shape index (κ1) is 16.2. The van der Waals surface area contributed by atoms with Crippen molar-refractivity contribution in [2.75, 3.05) is 0 Å². The Kier molecular flexibility index (Phi) is 4.34. The zero-order chi connectivity index (χ0) is 17.3. The minimum absolute atomic E-state index is 0.137. The van der Waals surface area contributed by atoms with E-state index >= 15 is 0 Å². The SMILES string of the molecule is O=C(Oc1ccc2cc(C(=O)O)c(=O)oc2c1)c1ccc(I)cc1. The van der Waals surface area contributed by atoms with Gasteiger partial charge in [0.25, 0.3) is 0 Å². The summed E-state index contributed by atoms with van der Waals surface area (Å²) in [5, 5.41) is 9.33. The van der Waals surface area contributed by atoms with Crippen molar-refractivity contribution in [3.05, 3.63) is 73.6 Å². The van der Waals surface area contributed by atoms with Crippen LogP contribution in [0.1, 0.15) is 20.7 Å². The van der Waals surface area contributed by atoms with Crippen LogP contribution in [0, 0.1) is 3.57 Å². The maximum atomic E-state index is 12.1. The van der Waals surface area contributed by atoms with Gasteiger partial charge in [0.15, 0.2) is 0 Å². The number of benzene rings is 2. The summed E-state index contributed by atoms with van der Waals surface area (Å²) in [6, 6.07) is 12.4. The topological polar surface area (TPSA) is 93.8 Å². The minimum atomic E-state index is -1.36. The summed E-state index contributed by atoms with van der Waals surface area (Å²) in [7, 11) is 0. The molecule has 0 atom stereocenters. The van der Waals surface area contributed by atoms with Gasteiger partial charge in [-0.25, -0.2) is 14.4 Å². The standard InChI is InChI=1S/C17H9IO6/c18-11-4-1-9(2-5-11)16(21)23-12-6-3-10-7-13(15(19)20)17(22)24-14(10)8-12/h1-8H,(H,19,20). The molecule has 7 heteroatoms. The van der Waals surface area contributed by atoms with Crippen molar-refractivity contribution in [3.63, 3.8) is 0 Å². The Morgan fingerprint density at radius 2 is 1.75 bits per heavy atom. The lowest BCUT2D eigenvalue weighted by Crippen LogP contribution is -2.13. The van der Waals surface area contributed by atoms with E-state index in [1.807, 2.05) is 0 Å². The molecule has 0 saturated heterocycles. The Bertz CT molecular complexity index is 1000. The number of ether oxygens (including phenoxy) is 1. The van der Waals surface area contributed by atoms with Crippen LogP contribution in [-0.2, 0) is 0 Å². The van der Waals surface area contributed by atoms with Crippen LogP contribution in [0.2, 0.25) is 0 Å². The zero-order valence-corrected chi connectivity index (χ0v) is 14.1. The molecule has 0 saturated carbocycles. The number of hydrogen-bond acceptors (Lipinski definition) is 5. The molecule has 6 nitrogen and oxygen atoms in total. The number of halogens is 1. The van der Waals surface area contributed by atoms with E-state index in [4.69, 9.17) is 14.3 Å². The molecule has 0 aliphatic carbocycles. The van der Waals surface area contributed by atoms with Crippen LogP contribution < -0.4 is 10.4 Å². The number of carboxylic acid groups (broad SMARTS) is 1. The lowest BCUT2D eigenvalue weighted by molar-refractivity contribution is 0.0690. The van der Waals surface area contributed by atoms with Gasteiger partial charge in [-0.05, 0) is 65.1 Å². The highest BCUT2D eigenvalue weighted by Crippen LogP contribution is 2.21. The predicted octanol–water partition coefficient (Wildman–Crippen LogP) is 3.32. The quantitative estimate of drug-likeness (QED) is 0.293. The van der Waals surface area contributed by atoms with Crippen molar-refractivity contribution in [3.8, 4) is 5.75 Å². The normalized spacial score (nSPS) is 10.5. The van der Waals surface area contributed by atoms with Crippen molar-refractivity contribution in [2.45, 2.75) is 0 Å². The van der Waals surface area contributed by atoms with Crippen molar-refractivity contribution in [2.24, 2.45) is 0 Å². The number of rotatable bonds is 3. The maximum absolute atomic E-state index is 12.1. The summed E-state index contributed by atoms with van der Waals surface area (Å²) in [6.07, 6.45) is 0. The third-order valence-electron chi connectivity index (χ3n) is 3.23. The van der Waals surface area contributed by atoms with Gasteiger partial charge in [0.2, 0.25) is 0 Å². The predicted molar refractivity (Wildman–Crippen MR) is 93.6 cm³/mol. The molecule has 24 heavy (non-hydrogen) atoms. The first-order chi connectivity index (χ1) is 11.4. The molecule has 0 unspecified atom stereocenters. The largest absolute Gasteiger partial charge is 0.477 e. The lowest BCUT2D eigenvalue weighted by Gasteiger charge is -2.05. The Morgan fingerprint density at radius 1 is 1.04 bits per heavy atom. The van der Waals surface area contributed by atoms with E-state index in [1.165, 1.54) is 24.3 Å². The van der Waals surface area contributed by atoms with E-state index in [9.17, 15) is 14.4 Å². The molecule has 0 radical (unpaired) electrons. The van der Waals surface area contributed by atoms with E-state index in [-0.39, 0.29) is 11.3 Å². The Hall–Kier alpha value is -2.68. The van der Waals surface area contributed by atoms with E-state index in [1.54, 1.807) is 24.3 Å². The first-order valence-corrected chi connectivity index (χ1v) is 7.81. The van der Waals surface area contributed by atoms with Crippen molar-refractivity contribution < 1.29 is 23.8 Å². The number of carbonyl (C=O) groups excluding carboxylic acids is 1. The highest BCUT2D eigenvalue weighted by molar-refractivity contribution is 14.1. The maximum Gasteiger partial charge on any atom is 0.351 e. The fourth-order valence-electron chi connectivity index (χ4n) is 2.06. The van der Waals surface area contributed by atoms with Gasteiger partial charge in [-0.1, -0.05) is 0 Å². The third-order valence-corrected chi connectivity index (χ3v) is 3.95. The number of fused-ring (bicyclic) bond motifs is 1. The summed E-state index contributed by atoms with van der Waals surface area (Å²) >= 11 is 2.13. The molecule has 0 spiro atoms. The molecular formula is C17H9IO6. The number of carbonyl (C=O) groups is 2. The molecule has 0 bridgehead atoms. The number of hydrogen-bond donors (Lipinski definition) is 1. The van der Waals surface area contributed by atoms with Crippen LogP contribution in [0.3, 0.4) is 0 Å². The van der Waals surface area contributed by atoms with E-state index < -0.39 is 23.1 Å². The van der Waals surface area contributed by atoms with Gasteiger partial charge in [0, 0.05) is 15.0 Å². The second-order valence-corrected chi connectivity index (χ2v) is 6.09. The lowest BCUT2D eigenvalue weighted by atomic mass is 10.2. The molecule has 2 aromatic carbocycles.